The van der Waals surface area contributed by atoms with Crippen molar-refractivity contribution in [1.82, 2.24) is 78.8 Å². The summed E-state index contributed by atoms with van der Waals surface area (Å²) in [6.07, 6.45) is 9.75. The monoisotopic (exact) mass is 1570 g/mol. The third-order valence-corrected chi connectivity index (χ3v) is 19.0. The second-order valence-electron chi connectivity index (χ2n) is 27.6. The van der Waals surface area contributed by atoms with Crippen molar-refractivity contribution in [3.8, 4) is 35.5 Å². The summed E-state index contributed by atoms with van der Waals surface area (Å²) in [5.41, 5.74) is 15.7. The SMILES string of the molecule is CN[C@@H]1CCCN(Cc2ccc(NC(=O)c3cncc(C#Cc4cnc5cccnn45)c3)cc2C(F)(F)F)C1.N[C@@H]1CCCN(Cc2ccc(NC(=O)c3cncc(C#Cc4cnc5cccnn45)c3)cc2C(F)(F)F)C1.N[C@H]1CCCN(Cc2ccc(NC(=O)c3cncc(C#Cc4cnc5cccnn45)c3)cc2C(F)(F)F)C1. The second kappa shape index (κ2) is 35.9. The number of carbonyl (C=O) groups excluding carboxylic acids is 3. The van der Waals surface area contributed by atoms with Crippen LogP contribution >= 0.6 is 0 Å². The minimum atomic E-state index is -4.57. The topological polar surface area (TPSA) is 290 Å². The van der Waals surface area contributed by atoms with E-state index in [1.165, 1.54) is 91.8 Å². The number of imidazole rings is 3. The predicted octanol–water partition coefficient (Wildman–Crippen LogP) is 11.4. The Kier molecular flexibility index (Phi) is 25.1. The van der Waals surface area contributed by atoms with Gasteiger partial charge in [-0.15, -0.1) is 0 Å². The van der Waals surface area contributed by atoms with Gasteiger partial charge in [-0.25, -0.2) is 28.5 Å². The number of amides is 3. The molecule has 12 heterocycles. The maximum absolute atomic E-state index is 14.0. The van der Waals surface area contributed by atoms with Crippen LogP contribution in [0, 0.1) is 35.5 Å². The highest BCUT2D eigenvalue weighted by atomic mass is 19.4. The number of fused-ring (bicyclic) bond motifs is 3. The summed E-state index contributed by atoms with van der Waals surface area (Å²) >= 11 is 0. The molecule has 115 heavy (non-hydrogen) atoms. The number of carbonyl (C=O) groups is 3. The van der Waals surface area contributed by atoms with Crippen LogP contribution in [0.2, 0.25) is 0 Å². The molecule has 3 saturated heterocycles. The Morgan fingerprint density at radius 1 is 0.417 bits per heavy atom. The molecule has 33 heteroatoms. The molecular formula is C82H74F9N21O3. The first-order chi connectivity index (χ1) is 55.3. The summed E-state index contributed by atoms with van der Waals surface area (Å²) in [4.78, 5) is 69.3. The highest BCUT2D eigenvalue weighted by molar-refractivity contribution is 6.05. The van der Waals surface area contributed by atoms with E-state index >= 15 is 0 Å². The van der Waals surface area contributed by atoms with Gasteiger partial charge in [0, 0.05) is 147 Å². The largest absolute Gasteiger partial charge is 0.416 e. The van der Waals surface area contributed by atoms with E-state index in [2.05, 4.69) is 102 Å². The van der Waals surface area contributed by atoms with Crippen molar-refractivity contribution < 1.29 is 53.9 Å². The lowest BCUT2D eigenvalue weighted by atomic mass is 10.0. The lowest BCUT2D eigenvalue weighted by Crippen LogP contribution is -2.44. The molecule has 3 aliphatic heterocycles. The lowest BCUT2D eigenvalue weighted by Gasteiger charge is -2.33. The summed E-state index contributed by atoms with van der Waals surface area (Å²) in [7, 11) is 1.86. The van der Waals surface area contributed by atoms with E-state index in [0.717, 1.165) is 63.3 Å². The smallest absolute Gasteiger partial charge is 0.327 e. The van der Waals surface area contributed by atoms with Crippen molar-refractivity contribution in [1.29, 1.82) is 0 Å². The molecule has 3 aromatic carbocycles. The minimum Gasteiger partial charge on any atom is -0.327 e. The first-order valence-electron chi connectivity index (χ1n) is 36.5. The minimum absolute atomic E-state index is 0.0368. The number of rotatable bonds is 13. The van der Waals surface area contributed by atoms with Crippen LogP contribution < -0.4 is 32.7 Å². The van der Waals surface area contributed by atoms with Gasteiger partial charge in [0.2, 0.25) is 0 Å². The van der Waals surface area contributed by atoms with Gasteiger partial charge in [-0.1, -0.05) is 36.0 Å². The van der Waals surface area contributed by atoms with E-state index < -0.39 is 52.9 Å². The Hall–Kier alpha value is -12.8. The van der Waals surface area contributed by atoms with Gasteiger partial charge in [0.1, 0.15) is 17.1 Å². The molecule has 3 amide bonds. The molecule has 3 atom stereocenters. The molecule has 3 fully saturated rings. The van der Waals surface area contributed by atoms with Crippen molar-refractivity contribution in [2.45, 2.75) is 94.8 Å². The maximum Gasteiger partial charge on any atom is 0.416 e. The van der Waals surface area contributed by atoms with Crippen LogP contribution in [0.5, 0.6) is 0 Å². The van der Waals surface area contributed by atoms with Crippen LogP contribution in [0.4, 0.5) is 56.6 Å². The number of aromatic nitrogens is 12. The van der Waals surface area contributed by atoms with Crippen LogP contribution in [0.1, 0.15) is 137 Å². The molecule has 0 aliphatic carbocycles. The number of nitrogens with one attached hydrogen (secondary N) is 4. The normalized spacial score (nSPS) is 16.1. The number of hydrogen-bond donors (Lipinski definition) is 6. The fourth-order valence-electron chi connectivity index (χ4n) is 13.5. The molecule has 0 unspecified atom stereocenters. The summed E-state index contributed by atoms with van der Waals surface area (Å²) in [5, 5.41) is 23.5. The van der Waals surface area contributed by atoms with Gasteiger partial charge in [0.25, 0.3) is 17.7 Å². The number of halogens is 9. The van der Waals surface area contributed by atoms with Gasteiger partial charge in [-0.2, -0.15) is 54.8 Å². The van der Waals surface area contributed by atoms with Crippen LogP contribution in [0.15, 0.2) is 184 Å². The van der Waals surface area contributed by atoms with Crippen molar-refractivity contribution >= 4 is 51.7 Å². The second-order valence-corrected chi connectivity index (χ2v) is 27.6. The van der Waals surface area contributed by atoms with Crippen molar-refractivity contribution in [3.63, 3.8) is 0 Å². The van der Waals surface area contributed by atoms with Crippen LogP contribution in [-0.4, -0.2) is 156 Å². The number of nitrogens with zero attached hydrogens (tertiary/aromatic N) is 15. The first-order valence-corrected chi connectivity index (χ1v) is 36.5. The molecule has 588 valence electrons. The van der Waals surface area contributed by atoms with E-state index in [9.17, 15) is 53.9 Å². The fraction of sp³-hybridized carbons (Fsp3) is 0.268. The van der Waals surface area contributed by atoms with Gasteiger partial charge in [0.15, 0.2) is 16.9 Å². The van der Waals surface area contributed by atoms with Crippen LogP contribution in [0.3, 0.4) is 0 Å². The van der Waals surface area contributed by atoms with Crippen LogP contribution in [-0.2, 0) is 38.2 Å². The number of likely N-dealkylation sites (tertiary alicyclic amines) is 3. The van der Waals surface area contributed by atoms with Gasteiger partial charge in [-0.3, -0.25) is 44.0 Å². The number of nitrogens with two attached hydrogens (primary N) is 2. The third kappa shape index (κ3) is 21.1. The molecule has 3 aliphatic rings. The van der Waals surface area contributed by atoms with Crippen molar-refractivity contribution in [3.05, 3.63) is 267 Å². The van der Waals surface area contributed by atoms with Crippen LogP contribution in [0.25, 0.3) is 16.9 Å². The molecule has 15 rings (SSSR count). The Bertz CT molecular complexity index is 5500. The number of pyridine rings is 3. The molecule has 0 saturated carbocycles. The summed E-state index contributed by atoms with van der Waals surface area (Å²) < 4.78 is 130. The third-order valence-electron chi connectivity index (χ3n) is 19.0. The van der Waals surface area contributed by atoms with Crippen molar-refractivity contribution in [2.24, 2.45) is 11.5 Å². The Balaban J connectivity index is 0.000000150. The molecule has 0 radical (unpaired) electrons. The summed E-state index contributed by atoms with van der Waals surface area (Å²) in [6.45, 7) is 4.40. The number of alkyl halides is 9. The van der Waals surface area contributed by atoms with E-state index in [0.29, 0.717) is 83.4 Å². The molecule has 12 aromatic rings. The number of likely N-dealkylation sites (N-methyl/N-ethyl adjacent to an activating group) is 1. The lowest BCUT2D eigenvalue weighted by molar-refractivity contribution is -0.139. The standard InChI is InChI=1S/C28H26F3N7O.2C27H24F3N7O/c1-32-23-4-3-11-37(18-23)17-20-7-8-22(13-25(20)28(29,30)31)36-27(39)21-12-19(14-33-15-21)6-9-24-16-34-26-5-2-10-35-38(24)26;2*28-27(29,30)24-12-22(7-6-19(24)16-36-10-2-3-21(31)17-36)35-26(38)20-11-18(13-32-14-20)5-8-23-15-33-25-4-1-9-34-37(23)25/h2,5,7-8,10,12-16,23,32H,3-4,11,17-18H2,1H3,(H,36,39);2*1,4,6-7,9,11-15,21H,2-3,10,16-17,31H2,(H,35,38)/t23-;2*21-/m110/s1. The zero-order chi connectivity index (χ0) is 80.8. The van der Waals surface area contributed by atoms with Gasteiger partial charge < -0.3 is 32.7 Å². The zero-order valence-corrected chi connectivity index (χ0v) is 61.6. The molecule has 0 bridgehead atoms. The maximum atomic E-state index is 14.0. The first kappa shape index (κ1) is 80.2. The highest BCUT2D eigenvalue weighted by Crippen LogP contribution is 2.38. The molecule has 24 nitrogen and oxygen atoms in total. The molecule has 9 aromatic heterocycles. The van der Waals surface area contributed by atoms with Crippen molar-refractivity contribution in [2.75, 3.05) is 62.3 Å². The highest BCUT2D eigenvalue weighted by Gasteiger charge is 2.38. The van der Waals surface area contributed by atoms with E-state index in [1.807, 2.05) is 21.7 Å². The van der Waals surface area contributed by atoms with E-state index in [4.69, 9.17) is 11.5 Å². The van der Waals surface area contributed by atoms with Gasteiger partial charge in [-0.05, 0) is 191 Å². The number of anilines is 3. The Morgan fingerprint density at radius 3 is 1.05 bits per heavy atom. The zero-order valence-electron chi connectivity index (χ0n) is 61.6. The fourth-order valence-corrected chi connectivity index (χ4v) is 13.5. The predicted molar refractivity (Wildman–Crippen MR) is 410 cm³/mol. The quantitative estimate of drug-likeness (QED) is 0.0462. The average molecular weight is 1570 g/mol. The van der Waals surface area contributed by atoms with E-state index in [-0.39, 0.29) is 88.2 Å². The summed E-state index contributed by atoms with van der Waals surface area (Å²) in [5.74, 6) is 15.8. The average Bonchev–Trinajstić information content (AvgIpc) is 1.66. The number of piperidine rings is 3. The molecule has 0 spiro atoms. The van der Waals surface area contributed by atoms with Gasteiger partial charge >= 0.3 is 18.5 Å². The number of hydrogen-bond acceptors (Lipinski definition) is 18. The molecular weight excluding hydrogens is 1500 g/mol. The summed E-state index contributed by atoms with van der Waals surface area (Å²) in [6, 6.07) is 27.0. The number of benzene rings is 3. The Labute approximate surface area is 653 Å². The Morgan fingerprint density at radius 2 is 0.739 bits per heavy atom. The molecule has 8 N–H and O–H groups in total. The van der Waals surface area contributed by atoms with E-state index in [1.54, 1.807) is 87.1 Å². The van der Waals surface area contributed by atoms with Gasteiger partial charge in [0.05, 0.1) is 52.0 Å².